The van der Waals surface area contributed by atoms with Crippen LogP contribution in [0.25, 0.3) is 0 Å². The predicted molar refractivity (Wildman–Crippen MR) is 92.5 cm³/mol. The van der Waals surface area contributed by atoms with E-state index < -0.39 is 0 Å². The number of allylic oxidation sites excluding steroid dienone is 2. The molecule has 2 N–H and O–H groups in total. The fraction of sp³-hybridized carbons (Fsp3) is 0.500. The van der Waals surface area contributed by atoms with Crippen molar-refractivity contribution in [3.05, 3.63) is 36.4 Å². The van der Waals surface area contributed by atoms with Crippen molar-refractivity contribution in [3.63, 3.8) is 0 Å². The van der Waals surface area contributed by atoms with Crippen LogP contribution in [-0.2, 0) is 0 Å². The van der Waals surface area contributed by atoms with Gasteiger partial charge in [0.1, 0.15) is 5.75 Å². The van der Waals surface area contributed by atoms with Gasteiger partial charge >= 0.3 is 0 Å². The minimum atomic E-state index is 0.256. The average Bonchev–Trinajstić information content (AvgIpc) is 2.56. The number of nitrogens with zero attached hydrogens (tertiary/aromatic N) is 3. The molecule has 1 fully saturated rings. The van der Waals surface area contributed by atoms with Crippen LogP contribution in [-0.4, -0.2) is 53.1 Å². The molecule has 5 nitrogen and oxygen atoms in total. The van der Waals surface area contributed by atoms with Gasteiger partial charge in [-0.15, -0.1) is 0 Å². The lowest BCUT2D eigenvalue weighted by molar-refractivity contribution is 0.211. The second-order valence-electron chi connectivity index (χ2n) is 6.23. The van der Waals surface area contributed by atoms with Crippen molar-refractivity contribution in [2.45, 2.75) is 31.7 Å². The Hall–Kier alpha value is -2.01. The van der Waals surface area contributed by atoms with Crippen molar-refractivity contribution in [3.8, 4) is 5.75 Å². The van der Waals surface area contributed by atoms with Gasteiger partial charge in [0.15, 0.2) is 0 Å². The van der Waals surface area contributed by atoms with E-state index in [1.165, 1.54) is 0 Å². The molecule has 0 spiro atoms. The molecule has 0 saturated carbocycles. The number of oxime groups is 1. The average molecular weight is 315 g/mol. The van der Waals surface area contributed by atoms with Crippen molar-refractivity contribution in [2.75, 3.05) is 31.1 Å². The summed E-state index contributed by atoms with van der Waals surface area (Å²) in [6, 6.07) is 7.66. The molecule has 0 radical (unpaired) electrons. The fourth-order valence-electron chi connectivity index (χ4n) is 3.52. The third-order valence-corrected chi connectivity index (χ3v) is 4.82. The number of anilines is 1. The number of hydrogen-bond donors (Lipinski definition) is 2. The Balaban J connectivity index is 1.63. The Morgan fingerprint density at radius 2 is 1.65 bits per heavy atom. The normalized spacial score (nSPS) is 25.3. The number of hydrogen-bond acceptors (Lipinski definition) is 5. The van der Waals surface area contributed by atoms with Gasteiger partial charge in [-0.3, -0.25) is 4.90 Å². The van der Waals surface area contributed by atoms with E-state index in [1.54, 1.807) is 12.1 Å². The molecule has 0 unspecified atom stereocenters. The highest BCUT2D eigenvalue weighted by molar-refractivity contribution is 5.89. The summed E-state index contributed by atoms with van der Waals surface area (Å²) < 4.78 is 0. The zero-order valence-corrected chi connectivity index (χ0v) is 13.4. The second-order valence-corrected chi connectivity index (χ2v) is 6.23. The summed E-state index contributed by atoms with van der Waals surface area (Å²) in [5, 5.41) is 22.4. The largest absolute Gasteiger partial charge is 0.508 e. The molecule has 5 heteroatoms. The third-order valence-electron chi connectivity index (χ3n) is 4.82. The van der Waals surface area contributed by atoms with Crippen molar-refractivity contribution < 1.29 is 10.3 Å². The zero-order valence-electron chi connectivity index (χ0n) is 13.4. The maximum absolute atomic E-state index is 9.40. The van der Waals surface area contributed by atoms with E-state index in [0.717, 1.165) is 63.3 Å². The van der Waals surface area contributed by atoms with E-state index in [-0.39, 0.29) is 6.04 Å². The van der Waals surface area contributed by atoms with Gasteiger partial charge in [-0.25, -0.2) is 0 Å². The van der Waals surface area contributed by atoms with Crippen LogP contribution in [0, 0.1) is 0 Å². The summed E-state index contributed by atoms with van der Waals surface area (Å²) in [4.78, 5) is 4.79. The molecule has 0 amide bonds. The van der Waals surface area contributed by atoms with Crippen LogP contribution in [0.4, 0.5) is 5.69 Å². The quantitative estimate of drug-likeness (QED) is 0.500. The van der Waals surface area contributed by atoms with Gasteiger partial charge < -0.3 is 15.2 Å². The molecule has 23 heavy (non-hydrogen) atoms. The van der Waals surface area contributed by atoms with Crippen LogP contribution in [0.15, 0.2) is 41.6 Å². The van der Waals surface area contributed by atoms with Gasteiger partial charge in [0.2, 0.25) is 0 Å². The number of rotatable bonds is 2. The van der Waals surface area contributed by atoms with Crippen molar-refractivity contribution >= 4 is 11.4 Å². The standard InChI is InChI=1S/C18H25N3O2/c22-16-9-7-15(8-10-16)20-11-13-21(14-12-20)18-6-4-2-1-3-5-17(18)19-23/h1-2,7-10,18,22-23H,3-6,11-14H2/b2-1?,19-17-/t18-/m1/s1. The lowest BCUT2D eigenvalue weighted by Gasteiger charge is -2.40. The lowest BCUT2D eigenvalue weighted by atomic mass is 9.96. The van der Waals surface area contributed by atoms with Gasteiger partial charge in [-0.2, -0.15) is 0 Å². The summed E-state index contributed by atoms with van der Waals surface area (Å²) in [7, 11) is 0. The first-order chi connectivity index (χ1) is 11.3. The molecule has 2 aliphatic rings. The highest BCUT2D eigenvalue weighted by Crippen LogP contribution is 2.22. The van der Waals surface area contributed by atoms with Crippen molar-refractivity contribution in [2.24, 2.45) is 5.16 Å². The van der Waals surface area contributed by atoms with E-state index >= 15 is 0 Å². The number of benzene rings is 1. The molecule has 1 aliphatic heterocycles. The first-order valence-electron chi connectivity index (χ1n) is 8.42. The minimum Gasteiger partial charge on any atom is -0.508 e. The molecule has 124 valence electrons. The van der Waals surface area contributed by atoms with E-state index in [9.17, 15) is 10.3 Å². The van der Waals surface area contributed by atoms with E-state index in [4.69, 9.17) is 0 Å². The third kappa shape index (κ3) is 3.85. The summed E-state index contributed by atoms with van der Waals surface area (Å²) in [5.41, 5.74) is 2.08. The first kappa shape index (κ1) is 15.9. The predicted octanol–water partition coefficient (Wildman–Crippen LogP) is 2.84. The SMILES string of the molecule is O/N=C1/CCC=CCC[C@H]1N1CCN(c2ccc(O)cc2)CC1. The summed E-state index contributed by atoms with van der Waals surface area (Å²) in [5.74, 6) is 0.304. The smallest absolute Gasteiger partial charge is 0.115 e. The van der Waals surface area contributed by atoms with Crippen LogP contribution in [0.3, 0.4) is 0 Å². The zero-order chi connectivity index (χ0) is 16.1. The number of phenolic OH excluding ortho intramolecular Hbond substituents is 1. The Morgan fingerprint density at radius 3 is 2.35 bits per heavy atom. The molecule has 1 saturated heterocycles. The Morgan fingerprint density at radius 1 is 0.957 bits per heavy atom. The Bertz CT molecular complexity index is 560. The van der Waals surface area contributed by atoms with Gasteiger partial charge in [-0.1, -0.05) is 17.3 Å². The van der Waals surface area contributed by atoms with E-state index in [2.05, 4.69) is 27.1 Å². The molecule has 0 bridgehead atoms. The molecule has 1 heterocycles. The van der Waals surface area contributed by atoms with Crippen LogP contribution in [0.1, 0.15) is 25.7 Å². The maximum Gasteiger partial charge on any atom is 0.115 e. The molecular formula is C18H25N3O2. The molecule has 3 rings (SSSR count). The number of phenols is 1. The molecule has 1 atom stereocenters. The monoisotopic (exact) mass is 315 g/mol. The maximum atomic E-state index is 9.40. The van der Waals surface area contributed by atoms with Crippen LogP contribution < -0.4 is 4.90 Å². The van der Waals surface area contributed by atoms with Gasteiger partial charge in [0, 0.05) is 31.9 Å². The van der Waals surface area contributed by atoms with Crippen molar-refractivity contribution in [1.82, 2.24) is 4.90 Å². The van der Waals surface area contributed by atoms with Gasteiger partial charge in [0.25, 0.3) is 0 Å². The Labute approximate surface area is 137 Å². The van der Waals surface area contributed by atoms with Gasteiger partial charge in [-0.05, 0) is 49.9 Å². The van der Waals surface area contributed by atoms with Crippen LogP contribution >= 0.6 is 0 Å². The van der Waals surface area contributed by atoms with Crippen molar-refractivity contribution in [1.29, 1.82) is 0 Å². The topological polar surface area (TPSA) is 59.3 Å². The van der Waals surface area contributed by atoms with Gasteiger partial charge in [0.05, 0.1) is 11.8 Å². The molecule has 0 aromatic heterocycles. The summed E-state index contributed by atoms with van der Waals surface area (Å²) >= 11 is 0. The number of piperazine rings is 1. The molecule has 1 aromatic carbocycles. The highest BCUT2D eigenvalue weighted by atomic mass is 16.4. The minimum absolute atomic E-state index is 0.256. The highest BCUT2D eigenvalue weighted by Gasteiger charge is 2.27. The van der Waals surface area contributed by atoms with Crippen LogP contribution in [0.2, 0.25) is 0 Å². The van der Waals surface area contributed by atoms with Crippen LogP contribution in [0.5, 0.6) is 5.75 Å². The summed E-state index contributed by atoms with van der Waals surface area (Å²) in [6.45, 7) is 3.84. The molecule has 1 aromatic rings. The summed E-state index contributed by atoms with van der Waals surface area (Å²) in [6.07, 6.45) is 8.30. The molecule has 1 aliphatic carbocycles. The Kier molecular flexibility index (Phi) is 5.18. The lowest BCUT2D eigenvalue weighted by Crippen LogP contribution is -2.52. The van der Waals surface area contributed by atoms with E-state index in [0.29, 0.717) is 5.75 Å². The first-order valence-corrected chi connectivity index (χ1v) is 8.42. The molecular weight excluding hydrogens is 290 g/mol. The van der Waals surface area contributed by atoms with E-state index in [1.807, 2.05) is 12.1 Å². The number of aromatic hydroxyl groups is 1. The second kappa shape index (κ2) is 7.51. The fourth-order valence-corrected chi connectivity index (χ4v) is 3.52.